The van der Waals surface area contributed by atoms with Crippen molar-refractivity contribution in [1.29, 1.82) is 0 Å². The summed E-state index contributed by atoms with van der Waals surface area (Å²) in [6.45, 7) is 0. The lowest BCUT2D eigenvalue weighted by molar-refractivity contribution is -0.136. The van der Waals surface area contributed by atoms with Crippen LogP contribution in [-0.2, 0) is 11.2 Å². The molecule has 2 aromatic heterocycles. The van der Waals surface area contributed by atoms with Crippen molar-refractivity contribution in [2.45, 2.75) is 6.42 Å². The molecule has 0 bridgehead atoms. The number of rotatable bonds is 3. The van der Waals surface area contributed by atoms with Crippen molar-refractivity contribution >= 4 is 5.97 Å². The summed E-state index contributed by atoms with van der Waals surface area (Å²) in [4.78, 5) is 14.5. The Morgan fingerprint density at radius 3 is 3.07 bits per heavy atom. The van der Waals surface area contributed by atoms with E-state index in [0.717, 1.165) is 0 Å². The fourth-order valence-corrected chi connectivity index (χ4v) is 1.14. The minimum atomic E-state index is -0.885. The van der Waals surface area contributed by atoms with Gasteiger partial charge in [0.2, 0.25) is 0 Å². The molecule has 0 fully saturated rings. The number of pyridine rings is 1. The Kier molecular flexibility index (Phi) is 2.36. The van der Waals surface area contributed by atoms with Crippen molar-refractivity contribution in [3.8, 4) is 5.82 Å². The summed E-state index contributed by atoms with van der Waals surface area (Å²) in [6.07, 6.45) is 2.87. The molecule has 7 heteroatoms. The molecule has 7 nitrogen and oxygen atoms in total. The van der Waals surface area contributed by atoms with Gasteiger partial charge in [0.05, 0.1) is 6.42 Å². The van der Waals surface area contributed by atoms with E-state index in [1.54, 1.807) is 12.1 Å². The van der Waals surface area contributed by atoms with E-state index in [0.29, 0.717) is 11.4 Å². The van der Waals surface area contributed by atoms with Crippen molar-refractivity contribution in [2.24, 2.45) is 0 Å². The van der Waals surface area contributed by atoms with Crippen LogP contribution in [0.1, 0.15) is 5.56 Å². The quantitative estimate of drug-likeness (QED) is 0.738. The number of carbonyl (C=O) groups is 1. The number of aliphatic carboxylic acids is 1. The molecule has 0 aliphatic carbocycles. The lowest BCUT2D eigenvalue weighted by atomic mass is 10.2. The van der Waals surface area contributed by atoms with E-state index in [9.17, 15) is 4.79 Å². The molecule has 0 aliphatic heterocycles. The molecule has 0 atom stereocenters. The van der Waals surface area contributed by atoms with Crippen molar-refractivity contribution < 1.29 is 9.90 Å². The number of nitrogens with zero attached hydrogens (tertiary/aromatic N) is 5. The molecule has 0 spiro atoms. The van der Waals surface area contributed by atoms with Crippen LogP contribution in [0.5, 0.6) is 0 Å². The Labute approximate surface area is 84.4 Å². The third kappa shape index (κ3) is 2.13. The van der Waals surface area contributed by atoms with Gasteiger partial charge in [-0.05, 0) is 28.1 Å². The minimum absolute atomic E-state index is 0.0440. The zero-order valence-corrected chi connectivity index (χ0v) is 7.61. The molecule has 0 aromatic carbocycles. The van der Waals surface area contributed by atoms with E-state index in [1.165, 1.54) is 17.2 Å². The SMILES string of the molecule is O=C(O)Cc1ccnc(-n2cnnn2)c1. The van der Waals surface area contributed by atoms with Gasteiger partial charge in [0, 0.05) is 6.20 Å². The maximum Gasteiger partial charge on any atom is 0.307 e. The molecular formula is C8H7N5O2. The summed E-state index contributed by atoms with van der Waals surface area (Å²) in [5.74, 6) is -0.386. The van der Waals surface area contributed by atoms with Gasteiger partial charge in [-0.3, -0.25) is 4.79 Å². The van der Waals surface area contributed by atoms with Crippen LogP contribution in [0, 0.1) is 0 Å². The smallest absolute Gasteiger partial charge is 0.307 e. The standard InChI is InChI=1S/C8H7N5O2/c14-8(15)4-6-1-2-9-7(3-6)13-5-10-11-12-13/h1-3,5H,4H2,(H,14,15). The highest BCUT2D eigenvalue weighted by molar-refractivity contribution is 5.70. The molecular weight excluding hydrogens is 198 g/mol. The van der Waals surface area contributed by atoms with Gasteiger partial charge in [-0.25, -0.2) is 4.98 Å². The third-order valence-electron chi connectivity index (χ3n) is 1.75. The number of tetrazole rings is 1. The normalized spacial score (nSPS) is 10.1. The molecule has 2 heterocycles. The van der Waals surface area contributed by atoms with Crippen molar-refractivity contribution in [3.63, 3.8) is 0 Å². The molecule has 76 valence electrons. The lowest BCUT2D eigenvalue weighted by Gasteiger charge is -2.00. The average molecular weight is 205 g/mol. The fourth-order valence-electron chi connectivity index (χ4n) is 1.14. The molecule has 0 saturated carbocycles. The second-order valence-corrected chi connectivity index (χ2v) is 2.85. The van der Waals surface area contributed by atoms with Crippen molar-refractivity contribution in [3.05, 3.63) is 30.2 Å². The van der Waals surface area contributed by atoms with Crippen LogP contribution >= 0.6 is 0 Å². The Hall–Kier alpha value is -2.31. The highest BCUT2D eigenvalue weighted by atomic mass is 16.4. The van der Waals surface area contributed by atoms with Gasteiger partial charge < -0.3 is 5.11 Å². The van der Waals surface area contributed by atoms with Gasteiger partial charge in [0.15, 0.2) is 5.82 Å². The summed E-state index contributed by atoms with van der Waals surface area (Å²) in [6, 6.07) is 3.27. The van der Waals surface area contributed by atoms with Crippen molar-refractivity contribution in [2.75, 3.05) is 0 Å². The van der Waals surface area contributed by atoms with Gasteiger partial charge in [0.1, 0.15) is 6.33 Å². The van der Waals surface area contributed by atoms with Crippen molar-refractivity contribution in [1.82, 2.24) is 25.2 Å². The predicted octanol–water partition coefficient (Wildman–Crippen LogP) is -0.316. The molecule has 15 heavy (non-hydrogen) atoms. The first kappa shape index (κ1) is 9.25. The molecule has 0 unspecified atom stereocenters. The molecule has 1 N–H and O–H groups in total. The van der Waals surface area contributed by atoms with Gasteiger partial charge in [-0.2, -0.15) is 4.68 Å². The van der Waals surface area contributed by atoms with Gasteiger partial charge in [0.25, 0.3) is 0 Å². The predicted molar refractivity (Wildman–Crippen MR) is 48.3 cm³/mol. The molecule has 0 saturated heterocycles. The Balaban J connectivity index is 2.31. The second kappa shape index (κ2) is 3.82. The van der Waals surface area contributed by atoms with Crippen LogP contribution < -0.4 is 0 Å². The third-order valence-corrected chi connectivity index (χ3v) is 1.75. The van der Waals surface area contributed by atoms with E-state index in [2.05, 4.69) is 20.5 Å². The summed E-state index contributed by atoms with van der Waals surface area (Å²) >= 11 is 0. The topological polar surface area (TPSA) is 93.8 Å². The molecule has 0 amide bonds. The summed E-state index contributed by atoms with van der Waals surface area (Å²) in [5, 5.41) is 19.2. The van der Waals surface area contributed by atoms with E-state index in [-0.39, 0.29) is 6.42 Å². The maximum absolute atomic E-state index is 10.5. The Morgan fingerprint density at radius 2 is 2.40 bits per heavy atom. The van der Waals surface area contributed by atoms with Crippen LogP contribution in [0.4, 0.5) is 0 Å². The molecule has 0 radical (unpaired) electrons. The number of aromatic nitrogens is 5. The van der Waals surface area contributed by atoms with E-state index in [4.69, 9.17) is 5.11 Å². The highest BCUT2D eigenvalue weighted by Gasteiger charge is 2.04. The van der Waals surface area contributed by atoms with Gasteiger partial charge >= 0.3 is 5.97 Å². The Bertz CT molecular complexity index is 468. The summed E-state index contributed by atoms with van der Waals surface area (Å²) in [5.41, 5.74) is 0.656. The lowest BCUT2D eigenvalue weighted by Crippen LogP contribution is -2.03. The number of carboxylic acids is 1. The number of hydrogen-bond acceptors (Lipinski definition) is 5. The number of hydrogen-bond donors (Lipinski definition) is 1. The summed E-state index contributed by atoms with van der Waals surface area (Å²) < 4.78 is 1.37. The van der Waals surface area contributed by atoms with E-state index in [1.807, 2.05) is 0 Å². The first-order valence-electron chi connectivity index (χ1n) is 4.16. The zero-order chi connectivity index (χ0) is 10.7. The average Bonchev–Trinajstić information content (AvgIpc) is 2.69. The van der Waals surface area contributed by atoms with Gasteiger partial charge in [-0.1, -0.05) is 0 Å². The monoisotopic (exact) mass is 205 g/mol. The van der Waals surface area contributed by atoms with Gasteiger partial charge in [-0.15, -0.1) is 5.10 Å². The van der Waals surface area contributed by atoms with Crippen LogP contribution in [0.2, 0.25) is 0 Å². The number of carboxylic acid groups (broad SMARTS) is 1. The summed E-state index contributed by atoms with van der Waals surface area (Å²) in [7, 11) is 0. The van der Waals surface area contributed by atoms with Crippen LogP contribution in [0.15, 0.2) is 24.7 Å². The second-order valence-electron chi connectivity index (χ2n) is 2.85. The maximum atomic E-state index is 10.5. The first-order chi connectivity index (χ1) is 7.25. The van der Waals surface area contributed by atoms with Crippen LogP contribution in [0.3, 0.4) is 0 Å². The molecule has 2 rings (SSSR count). The van der Waals surface area contributed by atoms with E-state index >= 15 is 0 Å². The highest BCUT2D eigenvalue weighted by Crippen LogP contribution is 2.05. The Morgan fingerprint density at radius 1 is 1.53 bits per heavy atom. The molecule has 0 aliphatic rings. The largest absolute Gasteiger partial charge is 0.481 e. The first-order valence-corrected chi connectivity index (χ1v) is 4.16. The van der Waals surface area contributed by atoms with E-state index < -0.39 is 5.97 Å². The zero-order valence-electron chi connectivity index (χ0n) is 7.61. The van der Waals surface area contributed by atoms with Crippen LogP contribution in [0.25, 0.3) is 5.82 Å². The fraction of sp³-hybridized carbons (Fsp3) is 0.125. The minimum Gasteiger partial charge on any atom is -0.481 e. The van der Waals surface area contributed by atoms with Crippen LogP contribution in [-0.4, -0.2) is 36.3 Å². The molecule has 2 aromatic rings.